The molecule has 0 rings (SSSR count). The Bertz CT molecular complexity index is 857. The topological polar surface area (TPSA) is 78.9 Å². The van der Waals surface area contributed by atoms with Crippen LogP contribution in [0.5, 0.6) is 0 Å². The van der Waals surface area contributed by atoms with E-state index < -0.39 is 6.10 Å². The zero-order valence-corrected chi connectivity index (χ0v) is 38.8. The van der Waals surface area contributed by atoms with Crippen molar-refractivity contribution >= 4 is 17.9 Å². The number of hydrogen-bond donors (Lipinski definition) is 0. The summed E-state index contributed by atoms with van der Waals surface area (Å²) in [5.74, 6) is -0.00254. The quantitative estimate of drug-likeness (QED) is 0.0346. The first kappa shape index (κ1) is 55.4. The summed E-state index contributed by atoms with van der Waals surface area (Å²) < 4.78 is 16.7. The van der Waals surface area contributed by atoms with Gasteiger partial charge in [-0.15, -0.1) is 0 Å². The summed E-state index contributed by atoms with van der Waals surface area (Å²) in [4.78, 5) is 37.6. The molecule has 0 fully saturated rings. The first-order valence-electron chi connectivity index (χ1n) is 25.4. The Morgan fingerprint density at radius 2 is 0.579 bits per heavy atom. The van der Waals surface area contributed by atoms with Crippen LogP contribution in [0.25, 0.3) is 0 Å². The molecule has 0 N–H and O–H groups in total. The number of carbonyl (C=O) groups is 3. The molecule has 0 aliphatic carbocycles. The minimum atomic E-state index is -0.758. The van der Waals surface area contributed by atoms with Crippen molar-refractivity contribution in [2.24, 2.45) is 5.92 Å². The lowest BCUT2D eigenvalue weighted by Crippen LogP contribution is -2.30. The highest BCUT2D eigenvalue weighted by molar-refractivity contribution is 5.71. The highest BCUT2D eigenvalue weighted by Gasteiger charge is 2.19. The molecule has 0 amide bonds. The second-order valence-electron chi connectivity index (χ2n) is 17.9. The van der Waals surface area contributed by atoms with Crippen molar-refractivity contribution in [3.63, 3.8) is 0 Å². The predicted octanol–water partition coefficient (Wildman–Crippen LogP) is 16.3. The van der Waals surface area contributed by atoms with Crippen LogP contribution in [0.1, 0.15) is 285 Å². The summed E-state index contributed by atoms with van der Waals surface area (Å²) >= 11 is 0. The van der Waals surface area contributed by atoms with E-state index in [1.165, 1.54) is 173 Å². The Balaban J connectivity index is 4.07. The Hall–Kier alpha value is -1.59. The maximum atomic E-state index is 12.7. The van der Waals surface area contributed by atoms with Gasteiger partial charge in [-0.05, 0) is 25.2 Å². The number of rotatable bonds is 46. The van der Waals surface area contributed by atoms with Crippen molar-refractivity contribution in [3.05, 3.63) is 0 Å². The van der Waals surface area contributed by atoms with Crippen molar-refractivity contribution in [2.75, 3.05) is 13.2 Å². The second kappa shape index (κ2) is 45.5. The first-order chi connectivity index (χ1) is 27.9. The van der Waals surface area contributed by atoms with Gasteiger partial charge in [-0.25, -0.2) is 0 Å². The number of hydrogen-bond acceptors (Lipinski definition) is 6. The summed E-state index contributed by atoms with van der Waals surface area (Å²) in [7, 11) is 0. The highest BCUT2D eigenvalue weighted by Crippen LogP contribution is 2.17. The van der Waals surface area contributed by atoms with E-state index in [1.54, 1.807) is 0 Å². The van der Waals surface area contributed by atoms with Gasteiger partial charge in [0, 0.05) is 19.3 Å². The van der Waals surface area contributed by atoms with Gasteiger partial charge >= 0.3 is 17.9 Å². The predicted molar refractivity (Wildman–Crippen MR) is 243 cm³/mol. The third kappa shape index (κ3) is 45.3. The van der Waals surface area contributed by atoms with Crippen molar-refractivity contribution < 1.29 is 28.6 Å². The molecule has 0 aromatic heterocycles. The lowest BCUT2D eigenvalue weighted by atomic mass is 10.0. The van der Waals surface area contributed by atoms with E-state index in [4.69, 9.17) is 14.2 Å². The molecule has 0 aliphatic rings. The summed E-state index contributed by atoms with van der Waals surface area (Å²) in [6.07, 6.45) is 47.0. The average molecular weight is 807 g/mol. The van der Waals surface area contributed by atoms with Gasteiger partial charge in [0.25, 0.3) is 0 Å². The Labute approximate surface area is 355 Å². The van der Waals surface area contributed by atoms with Crippen LogP contribution in [-0.4, -0.2) is 37.2 Å². The normalized spacial score (nSPS) is 11.9. The van der Waals surface area contributed by atoms with E-state index in [9.17, 15) is 14.4 Å². The zero-order valence-electron chi connectivity index (χ0n) is 38.8. The van der Waals surface area contributed by atoms with Crippen molar-refractivity contribution in [2.45, 2.75) is 291 Å². The minimum Gasteiger partial charge on any atom is -0.462 e. The largest absolute Gasteiger partial charge is 0.462 e. The van der Waals surface area contributed by atoms with Gasteiger partial charge in [-0.1, -0.05) is 246 Å². The zero-order chi connectivity index (χ0) is 41.7. The van der Waals surface area contributed by atoms with Crippen LogP contribution in [0.15, 0.2) is 0 Å². The molecule has 6 heteroatoms. The van der Waals surface area contributed by atoms with Crippen molar-refractivity contribution in [1.29, 1.82) is 0 Å². The number of esters is 3. The van der Waals surface area contributed by atoms with Crippen LogP contribution < -0.4 is 0 Å². The summed E-state index contributed by atoms with van der Waals surface area (Å²) in [5.41, 5.74) is 0. The van der Waals surface area contributed by atoms with E-state index in [2.05, 4.69) is 27.7 Å². The molecule has 57 heavy (non-hydrogen) atoms. The van der Waals surface area contributed by atoms with E-state index in [1.807, 2.05) is 0 Å². The monoisotopic (exact) mass is 807 g/mol. The van der Waals surface area contributed by atoms with Crippen molar-refractivity contribution in [3.8, 4) is 0 Å². The molecule has 0 aromatic carbocycles. The second-order valence-corrected chi connectivity index (χ2v) is 17.9. The highest BCUT2D eigenvalue weighted by atomic mass is 16.6. The standard InChI is InChI=1S/C51H98O6/c1-5-7-9-11-12-13-14-21-25-28-31-35-39-43-50(53)56-46-48(45-55-49(52)42-38-33-10-8-6-2)57-51(54)44-40-36-32-29-26-23-20-18-16-15-17-19-22-24-27-30-34-37-41-47(3)4/h47-48H,5-46H2,1-4H3/t48-/m0/s1. The molecule has 1 atom stereocenters. The number of ether oxygens (including phenoxy) is 3. The smallest absolute Gasteiger partial charge is 0.306 e. The van der Waals surface area contributed by atoms with Gasteiger partial charge in [0.05, 0.1) is 0 Å². The maximum absolute atomic E-state index is 12.7. The lowest BCUT2D eigenvalue weighted by molar-refractivity contribution is -0.167. The number of carbonyl (C=O) groups excluding carboxylic acids is 3. The maximum Gasteiger partial charge on any atom is 0.306 e. The minimum absolute atomic E-state index is 0.0639. The molecule has 0 unspecified atom stereocenters. The van der Waals surface area contributed by atoms with Gasteiger partial charge in [0.2, 0.25) is 0 Å². The molecule has 0 aliphatic heterocycles. The summed E-state index contributed by atoms with van der Waals surface area (Å²) in [6, 6.07) is 0. The van der Waals surface area contributed by atoms with Crippen molar-refractivity contribution in [1.82, 2.24) is 0 Å². The summed E-state index contributed by atoms with van der Waals surface area (Å²) in [6.45, 7) is 8.96. The fourth-order valence-electron chi connectivity index (χ4n) is 7.69. The molecule has 0 heterocycles. The van der Waals surface area contributed by atoms with Crippen LogP contribution in [0.2, 0.25) is 0 Å². The Kier molecular flexibility index (Phi) is 44.2. The molecule has 0 aromatic rings. The molecular formula is C51H98O6. The van der Waals surface area contributed by atoms with Gasteiger partial charge in [0.1, 0.15) is 13.2 Å². The third-order valence-electron chi connectivity index (χ3n) is 11.5. The van der Waals surface area contributed by atoms with E-state index in [0.717, 1.165) is 70.1 Å². The van der Waals surface area contributed by atoms with Crippen LogP contribution >= 0.6 is 0 Å². The third-order valence-corrected chi connectivity index (χ3v) is 11.5. The number of unbranched alkanes of at least 4 members (excludes halogenated alkanes) is 33. The molecule has 0 saturated heterocycles. The fraction of sp³-hybridized carbons (Fsp3) is 0.941. The van der Waals surface area contributed by atoms with E-state index in [0.29, 0.717) is 19.3 Å². The van der Waals surface area contributed by atoms with Crippen LogP contribution in [-0.2, 0) is 28.6 Å². The van der Waals surface area contributed by atoms with Crippen LogP contribution in [0.3, 0.4) is 0 Å². The van der Waals surface area contributed by atoms with Gasteiger partial charge in [0.15, 0.2) is 6.10 Å². The molecule has 0 radical (unpaired) electrons. The SMILES string of the molecule is CCCCCCCCCCCCCCCC(=O)OC[C@H](COC(=O)CCCCCCC)OC(=O)CCCCCCCCCCCCCCCCCCCCC(C)C. The molecule has 0 saturated carbocycles. The average Bonchev–Trinajstić information content (AvgIpc) is 3.19. The molecule has 6 nitrogen and oxygen atoms in total. The van der Waals surface area contributed by atoms with Gasteiger partial charge in [-0.2, -0.15) is 0 Å². The van der Waals surface area contributed by atoms with Crippen LogP contribution in [0, 0.1) is 5.92 Å². The molecule has 0 bridgehead atoms. The first-order valence-corrected chi connectivity index (χ1v) is 25.4. The van der Waals surface area contributed by atoms with E-state index >= 15 is 0 Å². The Morgan fingerprint density at radius 1 is 0.333 bits per heavy atom. The Morgan fingerprint density at radius 3 is 0.860 bits per heavy atom. The molecule has 338 valence electrons. The molecular weight excluding hydrogens is 709 g/mol. The van der Waals surface area contributed by atoms with Gasteiger partial charge < -0.3 is 14.2 Å². The lowest BCUT2D eigenvalue weighted by Gasteiger charge is -2.18. The van der Waals surface area contributed by atoms with E-state index in [-0.39, 0.29) is 31.1 Å². The fourth-order valence-corrected chi connectivity index (χ4v) is 7.69. The molecule has 0 spiro atoms. The van der Waals surface area contributed by atoms with Crippen LogP contribution in [0.4, 0.5) is 0 Å². The van der Waals surface area contributed by atoms with Gasteiger partial charge in [-0.3, -0.25) is 14.4 Å². The summed E-state index contributed by atoms with van der Waals surface area (Å²) in [5, 5.41) is 0.